The highest BCUT2D eigenvalue weighted by atomic mass is 19.4. The maximum absolute atomic E-state index is 12.5. The number of nitrogens with one attached hydrogen (secondary N) is 3. The summed E-state index contributed by atoms with van der Waals surface area (Å²) in [5, 5.41) is 13.1. The number of rotatable bonds is 4. The van der Waals surface area contributed by atoms with Crippen molar-refractivity contribution in [1.29, 1.82) is 0 Å². The van der Waals surface area contributed by atoms with Crippen LogP contribution >= 0.6 is 0 Å². The van der Waals surface area contributed by atoms with E-state index in [0.29, 0.717) is 6.42 Å². The number of amides is 2. The Bertz CT molecular complexity index is 962. The molecule has 11 heteroatoms. The van der Waals surface area contributed by atoms with Crippen LogP contribution in [-0.2, 0) is 7.05 Å². The van der Waals surface area contributed by atoms with Gasteiger partial charge in [0, 0.05) is 31.2 Å². The molecule has 3 atom stereocenters. The molecule has 168 valence electrons. The molecule has 0 aromatic carbocycles. The smallest absolute Gasteiger partial charge is 0.346 e. The molecule has 8 nitrogen and oxygen atoms in total. The first-order valence-corrected chi connectivity index (χ1v) is 10.2. The topological polar surface area (TPSA) is 86.6 Å². The lowest BCUT2D eigenvalue weighted by Crippen LogP contribution is -2.50. The van der Waals surface area contributed by atoms with Gasteiger partial charge in [-0.05, 0) is 44.3 Å². The van der Waals surface area contributed by atoms with Gasteiger partial charge in [-0.25, -0.2) is 9.79 Å². The van der Waals surface area contributed by atoms with Gasteiger partial charge in [-0.3, -0.25) is 4.68 Å². The number of carbonyl (C=O) groups excluding carboxylic acids is 1. The van der Waals surface area contributed by atoms with E-state index in [2.05, 4.69) is 20.7 Å². The van der Waals surface area contributed by atoms with Gasteiger partial charge in [0.2, 0.25) is 0 Å². The summed E-state index contributed by atoms with van der Waals surface area (Å²) >= 11 is 0. The molecule has 3 N–H and O–H groups in total. The molecule has 1 fully saturated rings. The van der Waals surface area contributed by atoms with Gasteiger partial charge in [-0.2, -0.15) is 18.3 Å². The van der Waals surface area contributed by atoms with E-state index in [1.54, 1.807) is 15.8 Å². The van der Waals surface area contributed by atoms with Crippen molar-refractivity contribution in [3.05, 3.63) is 34.8 Å². The van der Waals surface area contributed by atoms with E-state index in [1.807, 2.05) is 38.5 Å². The zero-order valence-corrected chi connectivity index (χ0v) is 17.6. The number of anilines is 1. The number of allylic oxidation sites excluding steroid dienone is 2. The molecule has 1 unspecified atom stereocenters. The van der Waals surface area contributed by atoms with E-state index in [1.165, 1.54) is 0 Å². The number of halogens is 3. The van der Waals surface area contributed by atoms with Gasteiger partial charge < -0.3 is 20.9 Å². The van der Waals surface area contributed by atoms with E-state index < -0.39 is 18.8 Å². The Morgan fingerprint density at radius 3 is 2.74 bits per heavy atom. The molecular weight excluding hydrogens is 411 g/mol. The molecule has 0 radical (unpaired) electrons. The molecular formula is C20H26F3N7O. The zero-order chi connectivity index (χ0) is 22.3. The fraction of sp³-hybridized carbons (Fsp3) is 0.550. The number of hydrogen-bond donors (Lipinski definition) is 3. The van der Waals surface area contributed by atoms with Crippen LogP contribution in [0.25, 0.3) is 0 Å². The minimum atomic E-state index is -4.42. The first-order chi connectivity index (χ1) is 14.6. The van der Waals surface area contributed by atoms with E-state index in [-0.39, 0.29) is 18.4 Å². The molecule has 0 saturated carbocycles. The molecule has 3 aliphatic rings. The molecule has 3 aliphatic heterocycles. The second-order valence-corrected chi connectivity index (χ2v) is 8.20. The van der Waals surface area contributed by atoms with Crippen LogP contribution in [0.4, 0.5) is 23.7 Å². The summed E-state index contributed by atoms with van der Waals surface area (Å²) in [5.41, 5.74) is 4.72. The average Bonchev–Trinajstić information content (AvgIpc) is 3.14. The summed E-state index contributed by atoms with van der Waals surface area (Å²) in [6.45, 7) is 2.56. The summed E-state index contributed by atoms with van der Waals surface area (Å²) in [6.07, 6.45) is 2.98. The molecule has 1 aromatic heterocycles. The van der Waals surface area contributed by atoms with Crippen LogP contribution in [0.15, 0.2) is 34.1 Å². The van der Waals surface area contributed by atoms with Crippen molar-refractivity contribution >= 4 is 17.9 Å². The number of urea groups is 1. The third kappa shape index (κ3) is 4.54. The highest BCUT2D eigenvalue weighted by Gasteiger charge is 2.41. The van der Waals surface area contributed by atoms with Gasteiger partial charge in [0.1, 0.15) is 6.54 Å². The Morgan fingerprint density at radius 1 is 1.32 bits per heavy atom. The normalized spacial score (nSPS) is 25.4. The Labute approximate surface area is 178 Å². The summed E-state index contributed by atoms with van der Waals surface area (Å²) in [6, 6.07) is -0.989. The molecule has 0 aliphatic carbocycles. The second-order valence-electron chi connectivity index (χ2n) is 8.20. The highest BCUT2D eigenvalue weighted by molar-refractivity contribution is 5.82. The van der Waals surface area contributed by atoms with E-state index in [0.717, 1.165) is 41.1 Å². The van der Waals surface area contributed by atoms with Crippen LogP contribution in [0.1, 0.15) is 31.9 Å². The van der Waals surface area contributed by atoms with Crippen molar-refractivity contribution in [3.63, 3.8) is 0 Å². The van der Waals surface area contributed by atoms with Gasteiger partial charge in [0.05, 0.1) is 17.4 Å². The minimum absolute atomic E-state index is 0.119. The average molecular weight is 437 g/mol. The van der Waals surface area contributed by atoms with Crippen molar-refractivity contribution in [1.82, 2.24) is 25.3 Å². The summed E-state index contributed by atoms with van der Waals surface area (Å²) in [5.74, 6) is 0. The summed E-state index contributed by atoms with van der Waals surface area (Å²) in [7, 11) is 1.85. The number of aromatic nitrogens is 2. The molecule has 4 rings (SSSR count). The largest absolute Gasteiger partial charge is 0.405 e. The minimum Gasteiger partial charge on any atom is -0.346 e. The molecule has 2 bridgehead atoms. The first-order valence-electron chi connectivity index (χ1n) is 10.2. The quantitative estimate of drug-likeness (QED) is 0.676. The molecule has 4 heterocycles. The standard InChI is InChI=1S/C20H26F3N7O/c1-11-8-24-18(26-16-9-29(3)28-12(16)2)27-17(11)13-6-14-4-5-15(7-13)30(14)19(31)25-10-20(21,22)23/h6,8-9,14-15,18,26-27H,4-5,7,10H2,1-3H3,(H,25,31)/t14-,15+,18?/m1/s1. The lowest BCUT2D eigenvalue weighted by Gasteiger charge is -2.36. The lowest BCUT2D eigenvalue weighted by atomic mass is 9.96. The van der Waals surface area contributed by atoms with E-state index in [9.17, 15) is 18.0 Å². The van der Waals surface area contributed by atoms with Gasteiger partial charge in [0.25, 0.3) is 0 Å². The van der Waals surface area contributed by atoms with Gasteiger partial charge >= 0.3 is 12.2 Å². The van der Waals surface area contributed by atoms with Crippen molar-refractivity contribution in [3.8, 4) is 0 Å². The van der Waals surface area contributed by atoms with Crippen molar-refractivity contribution in [2.24, 2.45) is 12.0 Å². The number of aliphatic imine (C=N–C) groups is 1. The van der Waals surface area contributed by atoms with Crippen LogP contribution in [0.5, 0.6) is 0 Å². The number of hydrogen-bond acceptors (Lipinski definition) is 5. The molecule has 1 saturated heterocycles. The Morgan fingerprint density at radius 2 is 2.10 bits per heavy atom. The maximum atomic E-state index is 12.5. The number of alkyl halides is 3. The monoisotopic (exact) mass is 437 g/mol. The maximum Gasteiger partial charge on any atom is 0.405 e. The van der Waals surface area contributed by atoms with Gasteiger partial charge in [-0.15, -0.1) is 0 Å². The van der Waals surface area contributed by atoms with Crippen LogP contribution in [0.3, 0.4) is 0 Å². The third-order valence-corrected chi connectivity index (χ3v) is 5.79. The van der Waals surface area contributed by atoms with E-state index >= 15 is 0 Å². The SMILES string of the molecule is CC1=C(C2=C[C@H]3CC[C@@H](C2)N3C(=O)NCC(F)(F)F)NC(Nc2cn(C)nc2C)N=C1. The summed E-state index contributed by atoms with van der Waals surface area (Å²) in [4.78, 5) is 18.4. The van der Waals surface area contributed by atoms with Gasteiger partial charge in [-0.1, -0.05) is 6.08 Å². The molecule has 1 aromatic rings. The van der Waals surface area contributed by atoms with Crippen LogP contribution < -0.4 is 16.0 Å². The van der Waals surface area contributed by atoms with Crippen LogP contribution in [-0.4, -0.2) is 58.0 Å². The molecule has 0 spiro atoms. The van der Waals surface area contributed by atoms with Crippen molar-refractivity contribution in [2.45, 2.75) is 57.7 Å². The molecule has 31 heavy (non-hydrogen) atoms. The number of carbonyl (C=O) groups is 1. The Kier molecular flexibility index (Phi) is 5.44. The molecule has 2 amide bonds. The van der Waals surface area contributed by atoms with E-state index in [4.69, 9.17) is 0 Å². The predicted octanol–water partition coefficient (Wildman–Crippen LogP) is 2.81. The lowest BCUT2D eigenvalue weighted by molar-refractivity contribution is -0.123. The first kappa shape index (κ1) is 21.3. The van der Waals surface area contributed by atoms with Crippen molar-refractivity contribution < 1.29 is 18.0 Å². The second kappa shape index (κ2) is 7.93. The van der Waals surface area contributed by atoms with Crippen LogP contribution in [0, 0.1) is 6.92 Å². The zero-order valence-electron chi connectivity index (χ0n) is 17.6. The predicted molar refractivity (Wildman–Crippen MR) is 110 cm³/mol. The van der Waals surface area contributed by atoms with Gasteiger partial charge in [0.15, 0.2) is 6.29 Å². The van der Waals surface area contributed by atoms with Crippen molar-refractivity contribution in [2.75, 3.05) is 11.9 Å². The third-order valence-electron chi connectivity index (χ3n) is 5.79. The Balaban J connectivity index is 1.46. The summed E-state index contributed by atoms with van der Waals surface area (Å²) < 4.78 is 39.2. The fourth-order valence-electron chi connectivity index (χ4n) is 4.45. The van der Waals surface area contributed by atoms with Crippen LogP contribution in [0.2, 0.25) is 0 Å². The number of aryl methyl sites for hydroxylation is 2. The number of fused-ring (bicyclic) bond motifs is 2. The number of nitrogens with zero attached hydrogens (tertiary/aromatic N) is 4. The fourth-order valence-corrected chi connectivity index (χ4v) is 4.45. The highest BCUT2D eigenvalue weighted by Crippen LogP contribution is 2.37. The Hall–Kier alpha value is -2.98.